The summed E-state index contributed by atoms with van der Waals surface area (Å²) in [6.45, 7) is 4.03. The molecule has 0 aromatic carbocycles. The van der Waals surface area contributed by atoms with E-state index in [2.05, 4.69) is 15.6 Å². The molecule has 0 aliphatic heterocycles. The van der Waals surface area contributed by atoms with Gasteiger partial charge in [-0.05, 0) is 18.1 Å². The average Bonchev–Trinajstić information content (AvgIpc) is 2.17. The van der Waals surface area contributed by atoms with E-state index in [1.165, 1.54) is 0 Å². The fraction of sp³-hybridized carbons (Fsp3) is 0.455. The molecule has 2 N–H and O–H groups in total. The number of amides is 1. The van der Waals surface area contributed by atoms with Gasteiger partial charge in [-0.25, -0.2) is 4.98 Å². The molecule has 4 nitrogen and oxygen atoms in total. The molecule has 0 saturated heterocycles. The molecular weight excluding hydrogens is 190 g/mol. The lowest BCUT2D eigenvalue weighted by Crippen LogP contribution is -2.13. The second-order valence-corrected chi connectivity index (χ2v) is 3.83. The summed E-state index contributed by atoms with van der Waals surface area (Å²) in [6.07, 6.45) is 2.18. The Bertz CT molecular complexity index is 319. The molecule has 0 fully saturated rings. The third-order valence-electron chi connectivity index (χ3n) is 1.90. The van der Waals surface area contributed by atoms with Gasteiger partial charge in [0.15, 0.2) is 0 Å². The fourth-order valence-corrected chi connectivity index (χ4v) is 1.20. The van der Waals surface area contributed by atoms with Crippen LogP contribution >= 0.6 is 0 Å². The summed E-state index contributed by atoms with van der Waals surface area (Å²) in [4.78, 5) is 15.5. The van der Waals surface area contributed by atoms with E-state index in [-0.39, 0.29) is 5.91 Å². The molecule has 0 radical (unpaired) electrons. The summed E-state index contributed by atoms with van der Waals surface area (Å²) in [7, 11) is 1.80. The quantitative estimate of drug-likeness (QED) is 0.795. The van der Waals surface area contributed by atoms with Gasteiger partial charge in [0.2, 0.25) is 5.91 Å². The minimum Gasteiger partial charge on any atom is -0.373 e. The number of aromatic nitrogens is 1. The number of rotatable bonds is 4. The summed E-state index contributed by atoms with van der Waals surface area (Å²) in [5, 5.41) is 5.71. The SMILES string of the molecule is CNc1ccc(NC(=O)CC(C)C)cn1. The number of carbonyl (C=O) groups excluding carboxylic acids is 1. The number of pyridine rings is 1. The Balaban J connectivity index is 2.53. The van der Waals surface area contributed by atoms with Gasteiger partial charge in [0.1, 0.15) is 5.82 Å². The van der Waals surface area contributed by atoms with Gasteiger partial charge in [0, 0.05) is 13.5 Å². The second kappa shape index (κ2) is 5.34. The molecular formula is C11H17N3O. The number of carbonyl (C=O) groups is 1. The Labute approximate surface area is 90.1 Å². The maximum Gasteiger partial charge on any atom is 0.224 e. The number of hydrogen-bond acceptors (Lipinski definition) is 3. The smallest absolute Gasteiger partial charge is 0.224 e. The monoisotopic (exact) mass is 207 g/mol. The molecule has 0 bridgehead atoms. The zero-order chi connectivity index (χ0) is 11.3. The summed E-state index contributed by atoms with van der Waals surface area (Å²) >= 11 is 0. The molecule has 0 aliphatic rings. The van der Waals surface area contributed by atoms with E-state index < -0.39 is 0 Å². The molecule has 0 atom stereocenters. The lowest BCUT2D eigenvalue weighted by atomic mass is 10.1. The maximum atomic E-state index is 11.4. The third kappa shape index (κ3) is 3.97. The van der Waals surface area contributed by atoms with Crippen molar-refractivity contribution in [3.8, 4) is 0 Å². The molecule has 4 heteroatoms. The number of nitrogens with one attached hydrogen (secondary N) is 2. The molecule has 82 valence electrons. The minimum absolute atomic E-state index is 0.0315. The highest BCUT2D eigenvalue weighted by Gasteiger charge is 2.04. The van der Waals surface area contributed by atoms with E-state index in [0.717, 1.165) is 11.5 Å². The Kier molecular flexibility index (Phi) is 4.09. The van der Waals surface area contributed by atoms with Crippen LogP contribution in [0, 0.1) is 5.92 Å². The highest BCUT2D eigenvalue weighted by Crippen LogP contribution is 2.10. The van der Waals surface area contributed by atoms with Crippen molar-refractivity contribution in [3.05, 3.63) is 18.3 Å². The predicted octanol–water partition coefficient (Wildman–Crippen LogP) is 2.11. The Morgan fingerprint density at radius 2 is 2.20 bits per heavy atom. The first kappa shape index (κ1) is 11.5. The van der Waals surface area contributed by atoms with Crippen LogP contribution in [-0.2, 0) is 4.79 Å². The van der Waals surface area contributed by atoms with Crippen molar-refractivity contribution in [2.75, 3.05) is 17.7 Å². The van der Waals surface area contributed by atoms with Crippen LogP contribution in [0.3, 0.4) is 0 Å². The summed E-state index contributed by atoms with van der Waals surface area (Å²) in [6, 6.07) is 3.65. The maximum absolute atomic E-state index is 11.4. The summed E-state index contributed by atoms with van der Waals surface area (Å²) in [5.74, 6) is 1.19. The molecule has 1 heterocycles. The molecule has 0 saturated carbocycles. The molecule has 0 spiro atoms. The van der Waals surface area contributed by atoms with Crippen molar-refractivity contribution >= 4 is 17.4 Å². The first-order chi connectivity index (χ1) is 7.11. The van der Waals surface area contributed by atoms with E-state index in [9.17, 15) is 4.79 Å². The Hall–Kier alpha value is -1.58. The zero-order valence-corrected chi connectivity index (χ0v) is 9.37. The standard InChI is InChI=1S/C11H17N3O/c1-8(2)6-11(15)14-9-4-5-10(12-3)13-7-9/h4-5,7-8H,6H2,1-3H3,(H,12,13)(H,14,15). The van der Waals surface area contributed by atoms with Crippen molar-refractivity contribution in [2.24, 2.45) is 5.92 Å². The average molecular weight is 207 g/mol. The van der Waals surface area contributed by atoms with Crippen LogP contribution in [0.25, 0.3) is 0 Å². The van der Waals surface area contributed by atoms with Gasteiger partial charge in [-0.2, -0.15) is 0 Å². The van der Waals surface area contributed by atoms with Crippen molar-refractivity contribution in [3.63, 3.8) is 0 Å². The first-order valence-electron chi connectivity index (χ1n) is 5.05. The Morgan fingerprint density at radius 1 is 1.47 bits per heavy atom. The van der Waals surface area contributed by atoms with Gasteiger partial charge in [0.05, 0.1) is 11.9 Å². The van der Waals surface area contributed by atoms with Gasteiger partial charge in [0.25, 0.3) is 0 Å². The van der Waals surface area contributed by atoms with E-state index >= 15 is 0 Å². The van der Waals surface area contributed by atoms with Crippen LogP contribution in [0.2, 0.25) is 0 Å². The van der Waals surface area contributed by atoms with E-state index in [1.807, 2.05) is 26.0 Å². The molecule has 0 unspecified atom stereocenters. The molecule has 0 aliphatic carbocycles. The zero-order valence-electron chi connectivity index (χ0n) is 9.37. The molecule has 1 rings (SSSR count). The second-order valence-electron chi connectivity index (χ2n) is 3.83. The molecule has 1 amide bonds. The summed E-state index contributed by atoms with van der Waals surface area (Å²) < 4.78 is 0. The minimum atomic E-state index is 0.0315. The van der Waals surface area contributed by atoms with Gasteiger partial charge in [-0.1, -0.05) is 13.8 Å². The lowest BCUT2D eigenvalue weighted by molar-refractivity contribution is -0.116. The molecule has 1 aromatic rings. The van der Waals surface area contributed by atoms with Crippen molar-refractivity contribution in [1.29, 1.82) is 0 Å². The topological polar surface area (TPSA) is 54.0 Å². The van der Waals surface area contributed by atoms with Crippen molar-refractivity contribution < 1.29 is 4.79 Å². The molecule has 1 aromatic heterocycles. The largest absolute Gasteiger partial charge is 0.373 e. The third-order valence-corrected chi connectivity index (χ3v) is 1.90. The number of nitrogens with zero attached hydrogens (tertiary/aromatic N) is 1. The number of hydrogen-bond donors (Lipinski definition) is 2. The highest BCUT2D eigenvalue weighted by molar-refractivity contribution is 5.90. The number of anilines is 2. The van der Waals surface area contributed by atoms with Crippen LogP contribution in [0.15, 0.2) is 18.3 Å². The van der Waals surface area contributed by atoms with E-state index in [4.69, 9.17) is 0 Å². The van der Waals surface area contributed by atoms with Crippen LogP contribution < -0.4 is 10.6 Å². The highest BCUT2D eigenvalue weighted by atomic mass is 16.1. The predicted molar refractivity (Wildman–Crippen MR) is 61.9 cm³/mol. The fourth-order valence-electron chi connectivity index (χ4n) is 1.20. The van der Waals surface area contributed by atoms with Crippen molar-refractivity contribution in [1.82, 2.24) is 4.98 Å². The van der Waals surface area contributed by atoms with Crippen LogP contribution in [0.4, 0.5) is 11.5 Å². The van der Waals surface area contributed by atoms with Gasteiger partial charge < -0.3 is 10.6 Å². The van der Waals surface area contributed by atoms with Gasteiger partial charge in [-0.15, -0.1) is 0 Å². The van der Waals surface area contributed by atoms with Gasteiger partial charge in [-0.3, -0.25) is 4.79 Å². The normalized spacial score (nSPS) is 10.1. The van der Waals surface area contributed by atoms with Crippen molar-refractivity contribution in [2.45, 2.75) is 20.3 Å². The first-order valence-corrected chi connectivity index (χ1v) is 5.05. The van der Waals surface area contributed by atoms with E-state index in [1.54, 1.807) is 13.2 Å². The van der Waals surface area contributed by atoms with Gasteiger partial charge >= 0.3 is 0 Å². The van der Waals surface area contributed by atoms with Crippen LogP contribution in [0.5, 0.6) is 0 Å². The van der Waals surface area contributed by atoms with Crippen LogP contribution in [-0.4, -0.2) is 17.9 Å². The summed E-state index contributed by atoms with van der Waals surface area (Å²) in [5.41, 5.74) is 0.736. The lowest BCUT2D eigenvalue weighted by Gasteiger charge is -2.07. The Morgan fingerprint density at radius 3 is 2.67 bits per heavy atom. The van der Waals surface area contributed by atoms with E-state index in [0.29, 0.717) is 12.3 Å². The molecule has 15 heavy (non-hydrogen) atoms. The van der Waals surface area contributed by atoms with Crippen LogP contribution in [0.1, 0.15) is 20.3 Å².